The van der Waals surface area contributed by atoms with Crippen molar-refractivity contribution in [1.82, 2.24) is 5.32 Å². The van der Waals surface area contributed by atoms with Crippen LogP contribution in [0.5, 0.6) is 5.75 Å². The van der Waals surface area contributed by atoms with Gasteiger partial charge in [0.1, 0.15) is 11.9 Å². The van der Waals surface area contributed by atoms with Crippen molar-refractivity contribution in [3.63, 3.8) is 0 Å². The molecule has 0 unspecified atom stereocenters. The van der Waals surface area contributed by atoms with E-state index in [1.54, 1.807) is 24.3 Å². The van der Waals surface area contributed by atoms with Gasteiger partial charge in [-0.1, -0.05) is 36.4 Å². The lowest BCUT2D eigenvalue weighted by Gasteiger charge is -2.16. The molecular weight excluding hydrogens is 373 g/mol. The Bertz CT molecular complexity index is 897. The molecule has 2 amide bonds. The van der Waals surface area contributed by atoms with Gasteiger partial charge in [-0.2, -0.15) is 13.2 Å². The first-order valence-corrected chi connectivity index (χ1v) is 8.76. The Hall–Kier alpha value is -3.03. The van der Waals surface area contributed by atoms with Gasteiger partial charge in [-0.15, -0.1) is 0 Å². The van der Waals surface area contributed by atoms with Crippen molar-refractivity contribution in [2.45, 2.75) is 31.5 Å². The Morgan fingerprint density at radius 3 is 2.50 bits per heavy atom. The maximum atomic E-state index is 13.4. The van der Waals surface area contributed by atoms with Crippen LogP contribution in [0.3, 0.4) is 0 Å². The van der Waals surface area contributed by atoms with Crippen LogP contribution < -0.4 is 15.8 Å². The van der Waals surface area contributed by atoms with Crippen LogP contribution in [-0.4, -0.2) is 24.5 Å². The maximum Gasteiger partial charge on any atom is 0.417 e. The molecule has 0 aromatic heterocycles. The molecule has 2 aromatic rings. The number of alkyl halides is 3. The van der Waals surface area contributed by atoms with E-state index in [4.69, 9.17) is 10.5 Å². The maximum absolute atomic E-state index is 13.4. The van der Waals surface area contributed by atoms with Crippen LogP contribution in [0.15, 0.2) is 42.5 Å². The average molecular weight is 392 g/mol. The molecule has 3 N–H and O–H groups in total. The van der Waals surface area contributed by atoms with Crippen LogP contribution in [0.1, 0.15) is 24.0 Å². The highest BCUT2D eigenvalue weighted by molar-refractivity contribution is 5.82. The third kappa shape index (κ3) is 4.44. The van der Waals surface area contributed by atoms with Gasteiger partial charge < -0.3 is 15.8 Å². The van der Waals surface area contributed by atoms with Gasteiger partial charge in [0.2, 0.25) is 11.8 Å². The standard InChI is InChI=1S/C20H19F3N2O3/c21-20(22,23)16-7-2-1-5-14(16)15-6-3-4-12-10-13(28-19(12)15)11-25-18(27)9-8-17(24)26/h1-7,13H,8-11H2,(H2,24,26)(H,25,27)/t13-/m1/s1. The van der Waals surface area contributed by atoms with E-state index in [0.29, 0.717) is 17.7 Å². The zero-order valence-corrected chi connectivity index (χ0v) is 14.9. The van der Waals surface area contributed by atoms with E-state index in [1.165, 1.54) is 12.1 Å². The average Bonchev–Trinajstić information content (AvgIpc) is 3.07. The molecule has 1 atom stereocenters. The zero-order valence-electron chi connectivity index (χ0n) is 14.9. The molecule has 0 bridgehead atoms. The molecule has 1 aliphatic rings. The number of hydrogen-bond acceptors (Lipinski definition) is 3. The van der Waals surface area contributed by atoms with Crippen LogP contribution in [-0.2, 0) is 22.2 Å². The van der Waals surface area contributed by atoms with E-state index in [0.717, 1.165) is 11.6 Å². The fourth-order valence-corrected chi connectivity index (χ4v) is 3.18. The molecule has 0 radical (unpaired) electrons. The van der Waals surface area contributed by atoms with Crippen molar-refractivity contribution in [3.05, 3.63) is 53.6 Å². The number of nitrogens with two attached hydrogens (primary N) is 1. The SMILES string of the molecule is NC(=O)CCC(=O)NC[C@H]1Cc2cccc(-c3ccccc3C(F)(F)F)c2O1. The lowest BCUT2D eigenvalue weighted by Crippen LogP contribution is -2.34. The summed E-state index contributed by atoms with van der Waals surface area (Å²) < 4.78 is 46.0. The normalized spacial score (nSPS) is 15.6. The number of ether oxygens (including phenoxy) is 1. The molecular formula is C20H19F3N2O3. The molecule has 0 saturated heterocycles. The monoisotopic (exact) mass is 392 g/mol. The number of amides is 2. The molecule has 0 aliphatic carbocycles. The summed E-state index contributed by atoms with van der Waals surface area (Å²) >= 11 is 0. The van der Waals surface area contributed by atoms with Gasteiger partial charge in [0.25, 0.3) is 0 Å². The van der Waals surface area contributed by atoms with E-state index in [2.05, 4.69) is 5.32 Å². The van der Waals surface area contributed by atoms with Gasteiger partial charge in [-0.25, -0.2) is 0 Å². The highest BCUT2D eigenvalue weighted by atomic mass is 19.4. The van der Waals surface area contributed by atoms with Crippen molar-refractivity contribution in [1.29, 1.82) is 0 Å². The van der Waals surface area contributed by atoms with Gasteiger partial charge in [-0.05, 0) is 17.2 Å². The van der Waals surface area contributed by atoms with Crippen molar-refractivity contribution in [2.75, 3.05) is 6.54 Å². The summed E-state index contributed by atoms with van der Waals surface area (Å²) in [5.74, 6) is -0.496. The molecule has 0 spiro atoms. The van der Waals surface area contributed by atoms with E-state index >= 15 is 0 Å². The topological polar surface area (TPSA) is 81.4 Å². The lowest BCUT2D eigenvalue weighted by atomic mass is 9.96. The number of carbonyl (C=O) groups excluding carboxylic acids is 2. The molecule has 1 heterocycles. The first kappa shape index (κ1) is 19.7. The highest BCUT2D eigenvalue weighted by Crippen LogP contribution is 2.43. The summed E-state index contributed by atoms with van der Waals surface area (Å²) in [6.45, 7) is 0.187. The smallest absolute Gasteiger partial charge is 0.417 e. The van der Waals surface area contributed by atoms with Crippen LogP contribution >= 0.6 is 0 Å². The molecule has 28 heavy (non-hydrogen) atoms. The van der Waals surface area contributed by atoms with Gasteiger partial charge in [0.05, 0.1) is 12.1 Å². The third-order valence-electron chi connectivity index (χ3n) is 4.48. The molecule has 2 aromatic carbocycles. The van der Waals surface area contributed by atoms with Gasteiger partial charge in [-0.3, -0.25) is 9.59 Å². The van der Waals surface area contributed by atoms with Crippen molar-refractivity contribution in [3.8, 4) is 16.9 Å². The van der Waals surface area contributed by atoms with Crippen LogP contribution in [0.4, 0.5) is 13.2 Å². The number of carbonyl (C=O) groups is 2. The summed E-state index contributed by atoms with van der Waals surface area (Å²) in [4.78, 5) is 22.4. The first-order valence-electron chi connectivity index (χ1n) is 8.76. The predicted molar refractivity (Wildman–Crippen MR) is 96.4 cm³/mol. The largest absolute Gasteiger partial charge is 0.487 e. The summed E-state index contributed by atoms with van der Waals surface area (Å²) in [6.07, 6.45) is -4.47. The second-order valence-corrected chi connectivity index (χ2v) is 6.55. The van der Waals surface area contributed by atoms with Crippen molar-refractivity contribution in [2.24, 2.45) is 5.73 Å². The Kier molecular flexibility index (Phi) is 5.58. The predicted octanol–water partition coefficient (Wildman–Crippen LogP) is 3.06. The minimum absolute atomic E-state index is 0.0147. The van der Waals surface area contributed by atoms with E-state index in [-0.39, 0.29) is 30.9 Å². The van der Waals surface area contributed by atoms with E-state index in [1.807, 2.05) is 0 Å². The zero-order chi connectivity index (χ0) is 20.3. The minimum atomic E-state index is -4.48. The van der Waals surface area contributed by atoms with E-state index < -0.39 is 23.8 Å². The number of fused-ring (bicyclic) bond motifs is 1. The highest BCUT2D eigenvalue weighted by Gasteiger charge is 2.35. The molecule has 5 nitrogen and oxygen atoms in total. The third-order valence-corrected chi connectivity index (χ3v) is 4.48. The number of nitrogens with one attached hydrogen (secondary N) is 1. The number of rotatable bonds is 6. The molecule has 0 saturated carbocycles. The quantitative estimate of drug-likeness (QED) is 0.793. The van der Waals surface area contributed by atoms with Crippen molar-refractivity contribution < 1.29 is 27.5 Å². The Balaban J connectivity index is 1.76. The second-order valence-electron chi connectivity index (χ2n) is 6.55. The van der Waals surface area contributed by atoms with Gasteiger partial charge >= 0.3 is 6.18 Å². The van der Waals surface area contributed by atoms with Gasteiger partial charge in [0, 0.05) is 24.8 Å². The minimum Gasteiger partial charge on any atom is -0.487 e. The Labute approximate surface area is 159 Å². The van der Waals surface area contributed by atoms with Crippen molar-refractivity contribution >= 4 is 11.8 Å². The molecule has 1 aliphatic heterocycles. The summed E-state index contributed by atoms with van der Waals surface area (Å²) in [5.41, 5.74) is 5.49. The number of para-hydroxylation sites is 1. The summed E-state index contributed by atoms with van der Waals surface area (Å²) in [5, 5.41) is 2.66. The Morgan fingerprint density at radius 1 is 1.07 bits per heavy atom. The summed E-state index contributed by atoms with van der Waals surface area (Å²) in [7, 11) is 0. The number of primary amides is 1. The number of halogens is 3. The molecule has 148 valence electrons. The van der Waals surface area contributed by atoms with Crippen LogP contribution in [0.25, 0.3) is 11.1 Å². The molecule has 8 heteroatoms. The Morgan fingerprint density at radius 2 is 1.79 bits per heavy atom. The number of benzene rings is 2. The molecule has 3 rings (SSSR count). The number of hydrogen-bond donors (Lipinski definition) is 2. The second kappa shape index (κ2) is 7.92. The van der Waals surface area contributed by atoms with Crippen LogP contribution in [0.2, 0.25) is 0 Å². The lowest BCUT2D eigenvalue weighted by molar-refractivity contribution is -0.137. The van der Waals surface area contributed by atoms with E-state index in [9.17, 15) is 22.8 Å². The fourth-order valence-electron chi connectivity index (χ4n) is 3.18. The fraction of sp³-hybridized carbons (Fsp3) is 0.300. The molecule has 0 fully saturated rings. The summed E-state index contributed by atoms with van der Waals surface area (Å²) in [6, 6.07) is 10.4. The first-order chi connectivity index (χ1) is 13.3. The van der Waals surface area contributed by atoms with Crippen LogP contribution in [0, 0.1) is 0 Å². The van der Waals surface area contributed by atoms with Gasteiger partial charge in [0.15, 0.2) is 0 Å².